The van der Waals surface area contributed by atoms with E-state index in [-0.39, 0.29) is 11.1 Å². The Labute approximate surface area is 111 Å². The van der Waals surface area contributed by atoms with Crippen molar-refractivity contribution >= 4 is 21.9 Å². The second-order valence-corrected chi connectivity index (χ2v) is 4.67. The minimum absolute atomic E-state index is 0.0621. The van der Waals surface area contributed by atoms with Crippen LogP contribution in [-0.4, -0.2) is 20.6 Å². The highest BCUT2D eigenvalue weighted by Gasteiger charge is 2.10. The summed E-state index contributed by atoms with van der Waals surface area (Å²) in [5.74, 6) is -1.07. The smallest absolute Gasteiger partial charge is 0.337 e. The second-order valence-electron chi connectivity index (χ2n) is 3.75. The van der Waals surface area contributed by atoms with E-state index in [1.807, 2.05) is 0 Å². The number of nitrogens with zero attached hydrogens (tertiary/aromatic N) is 2. The summed E-state index contributed by atoms with van der Waals surface area (Å²) in [6, 6.07) is 3.05. The van der Waals surface area contributed by atoms with Crippen molar-refractivity contribution in [2.75, 3.05) is 0 Å². The fourth-order valence-electron chi connectivity index (χ4n) is 1.56. The topological polar surface area (TPSA) is 72.2 Å². The average molecular weight is 309 g/mol. The first kappa shape index (κ1) is 12.5. The zero-order chi connectivity index (χ0) is 13.3. The number of hydrogen-bond acceptors (Lipinski definition) is 3. The molecule has 0 saturated heterocycles. The molecule has 92 valence electrons. The molecule has 0 amide bonds. The standard InChI is InChI=1S/C12H9BrN2O3/c1-7-2-8(12(17)18)6-15(11(7)16)10-3-9(13)4-14-5-10/h2-6H,1H3,(H,17,18). The van der Waals surface area contributed by atoms with E-state index in [0.29, 0.717) is 15.7 Å². The first-order chi connectivity index (χ1) is 8.49. The fraction of sp³-hybridized carbons (Fsp3) is 0.0833. The molecular weight excluding hydrogens is 300 g/mol. The van der Waals surface area contributed by atoms with E-state index in [4.69, 9.17) is 5.11 Å². The molecule has 0 radical (unpaired) electrons. The molecule has 0 aromatic carbocycles. The maximum atomic E-state index is 12.0. The van der Waals surface area contributed by atoms with Crippen LogP contribution in [0.3, 0.4) is 0 Å². The fourth-order valence-corrected chi connectivity index (χ4v) is 1.91. The number of carboxylic acid groups (broad SMARTS) is 1. The number of carbonyl (C=O) groups is 1. The molecule has 0 unspecified atom stereocenters. The Morgan fingerprint density at radius 1 is 1.39 bits per heavy atom. The van der Waals surface area contributed by atoms with Gasteiger partial charge >= 0.3 is 5.97 Å². The van der Waals surface area contributed by atoms with Gasteiger partial charge in [0, 0.05) is 22.4 Å². The number of rotatable bonds is 2. The number of aromatic nitrogens is 2. The third-order valence-electron chi connectivity index (χ3n) is 2.41. The van der Waals surface area contributed by atoms with Crippen LogP contribution in [0.15, 0.2) is 40.0 Å². The summed E-state index contributed by atoms with van der Waals surface area (Å²) >= 11 is 3.26. The number of halogens is 1. The number of pyridine rings is 2. The maximum absolute atomic E-state index is 12.0. The number of carboxylic acids is 1. The van der Waals surface area contributed by atoms with Gasteiger partial charge in [-0.3, -0.25) is 14.3 Å². The van der Waals surface area contributed by atoms with Gasteiger partial charge in [-0.1, -0.05) is 0 Å². The molecule has 2 rings (SSSR count). The highest BCUT2D eigenvalue weighted by atomic mass is 79.9. The van der Waals surface area contributed by atoms with Crippen LogP contribution < -0.4 is 5.56 Å². The Kier molecular flexibility index (Phi) is 3.29. The summed E-state index contributed by atoms with van der Waals surface area (Å²) in [7, 11) is 0. The number of aromatic carboxylic acids is 1. The van der Waals surface area contributed by atoms with E-state index in [1.165, 1.54) is 23.0 Å². The minimum Gasteiger partial charge on any atom is -0.478 e. The molecule has 0 spiro atoms. The van der Waals surface area contributed by atoms with Crippen molar-refractivity contribution in [2.45, 2.75) is 6.92 Å². The van der Waals surface area contributed by atoms with Gasteiger partial charge in [0.15, 0.2) is 0 Å². The van der Waals surface area contributed by atoms with Gasteiger partial charge in [0.2, 0.25) is 0 Å². The molecule has 0 fully saturated rings. The molecule has 2 heterocycles. The summed E-state index contributed by atoms with van der Waals surface area (Å²) in [6.45, 7) is 1.58. The Hall–Kier alpha value is -1.95. The first-order valence-corrected chi connectivity index (χ1v) is 5.86. The quantitative estimate of drug-likeness (QED) is 0.921. The van der Waals surface area contributed by atoms with Crippen LogP contribution >= 0.6 is 15.9 Å². The van der Waals surface area contributed by atoms with E-state index >= 15 is 0 Å². The van der Waals surface area contributed by atoms with Crippen LogP contribution in [0.25, 0.3) is 5.69 Å². The van der Waals surface area contributed by atoms with E-state index in [0.717, 1.165) is 0 Å². The van der Waals surface area contributed by atoms with Gasteiger partial charge in [-0.05, 0) is 35.0 Å². The van der Waals surface area contributed by atoms with Crippen molar-refractivity contribution < 1.29 is 9.90 Å². The van der Waals surface area contributed by atoms with Crippen LogP contribution in [-0.2, 0) is 0 Å². The summed E-state index contributed by atoms with van der Waals surface area (Å²) < 4.78 is 1.99. The van der Waals surface area contributed by atoms with Gasteiger partial charge in [0.1, 0.15) is 0 Å². The van der Waals surface area contributed by atoms with Gasteiger partial charge in [0.05, 0.1) is 17.4 Å². The Morgan fingerprint density at radius 3 is 2.72 bits per heavy atom. The van der Waals surface area contributed by atoms with Gasteiger partial charge in [-0.15, -0.1) is 0 Å². The number of hydrogen-bond donors (Lipinski definition) is 1. The monoisotopic (exact) mass is 308 g/mol. The normalized spacial score (nSPS) is 10.3. The van der Waals surface area contributed by atoms with Crippen LogP contribution in [0, 0.1) is 6.92 Å². The van der Waals surface area contributed by atoms with Crippen molar-refractivity contribution in [3.05, 3.63) is 56.7 Å². The Morgan fingerprint density at radius 2 is 2.11 bits per heavy atom. The van der Waals surface area contributed by atoms with Gasteiger partial charge in [-0.25, -0.2) is 4.79 Å². The van der Waals surface area contributed by atoms with Crippen molar-refractivity contribution in [3.63, 3.8) is 0 Å². The zero-order valence-corrected chi connectivity index (χ0v) is 11.0. The molecule has 6 heteroatoms. The summed E-state index contributed by atoms with van der Waals surface area (Å²) in [5.41, 5.74) is 0.683. The Balaban J connectivity index is 2.71. The van der Waals surface area contributed by atoms with Crippen LogP contribution in [0.4, 0.5) is 0 Å². The SMILES string of the molecule is Cc1cc(C(=O)O)cn(-c2cncc(Br)c2)c1=O. The zero-order valence-electron chi connectivity index (χ0n) is 9.42. The van der Waals surface area contributed by atoms with E-state index in [2.05, 4.69) is 20.9 Å². The largest absolute Gasteiger partial charge is 0.478 e. The number of aryl methyl sites for hydroxylation is 1. The first-order valence-electron chi connectivity index (χ1n) is 5.06. The summed E-state index contributed by atoms with van der Waals surface area (Å²) in [4.78, 5) is 26.9. The molecule has 5 nitrogen and oxygen atoms in total. The lowest BCUT2D eigenvalue weighted by Gasteiger charge is -2.08. The van der Waals surface area contributed by atoms with E-state index < -0.39 is 5.97 Å². The molecule has 0 aliphatic carbocycles. The molecule has 1 N–H and O–H groups in total. The van der Waals surface area contributed by atoms with Crippen molar-refractivity contribution in [3.8, 4) is 5.69 Å². The molecule has 2 aromatic rings. The molecular formula is C12H9BrN2O3. The molecule has 0 bridgehead atoms. The summed E-state index contributed by atoms with van der Waals surface area (Å²) in [5, 5.41) is 8.99. The van der Waals surface area contributed by atoms with Crippen molar-refractivity contribution in [1.82, 2.24) is 9.55 Å². The molecule has 0 saturated carbocycles. The lowest BCUT2D eigenvalue weighted by molar-refractivity contribution is 0.0696. The van der Waals surface area contributed by atoms with Gasteiger partial charge in [-0.2, -0.15) is 0 Å². The second kappa shape index (κ2) is 4.73. The van der Waals surface area contributed by atoms with Crippen LogP contribution in [0.5, 0.6) is 0 Å². The molecule has 18 heavy (non-hydrogen) atoms. The highest BCUT2D eigenvalue weighted by Crippen LogP contribution is 2.13. The lowest BCUT2D eigenvalue weighted by atomic mass is 10.2. The Bertz CT molecular complexity index is 679. The highest BCUT2D eigenvalue weighted by molar-refractivity contribution is 9.10. The average Bonchev–Trinajstić information content (AvgIpc) is 2.32. The molecule has 0 aliphatic heterocycles. The molecule has 0 atom stereocenters. The maximum Gasteiger partial charge on any atom is 0.337 e. The van der Waals surface area contributed by atoms with Crippen LogP contribution in [0.1, 0.15) is 15.9 Å². The molecule has 0 aliphatic rings. The van der Waals surface area contributed by atoms with E-state index in [9.17, 15) is 9.59 Å². The van der Waals surface area contributed by atoms with Gasteiger partial charge in [0.25, 0.3) is 5.56 Å². The molecule has 2 aromatic heterocycles. The third-order valence-corrected chi connectivity index (χ3v) is 2.85. The predicted molar refractivity (Wildman–Crippen MR) is 69.2 cm³/mol. The minimum atomic E-state index is -1.07. The van der Waals surface area contributed by atoms with Crippen LogP contribution in [0.2, 0.25) is 0 Å². The lowest BCUT2D eigenvalue weighted by Crippen LogP contribution is -2.22. The predicted octanol–water partition coefficient (Wildman–Crippen LogP) is 2.00. The van der Waals surface area contributed by atoms with Crippen molar-refractivity contribution in [2.24, 2.45) is 0 Å². The van der Waals surface area contributed by atoms with E-state index in [1.54, 1.807) is 19.2 Å². The van der Waals surface area contributed by atoms with Crippen molar-refractivity contribution in [1.29, 1.82) is 0 Å². The van der Waals surface area contributed by atoms with Gasteiger partial charge < -0.3 is 5.11 Å². The summed E-state index contributed by atoms with van der Waals surface area (Å²) in [6.07, 6.45) is 4.38. The third kappa shape index (κ3) is 2.33.